The molecule has 0 unspecified atom stereocenters. The number of benzene rings is 3. The van der Waals surface area contributed by atoms with Crippen LogP contribution in [0.5, 0.6) is 0 Å². The van der Waals surface area contributed by atoms with Crippen LogP contribution >= 0.6 is 0 Å². The minimum absolute atomic E-state index is 0.953. The molecule has 1 heterocycles. The van der Waals surface area contributed by atoms with Crippen LogP contribution in [0.3, 0.4) is 0 Å². The molecule has 0 fully saturated rings. The van der Waals surface area contributed by atoms with E-state index >= 15 is 0 Å². The maximum Gasteiger partial charge on any atom is 0.141 e. The number of nitrogens with zero attached hydrogens (tertiary/aromatic N) is 2. The molecule has 1 N–H and O–H groups in total. The number of anilines is 2. The Morgan fingerprint density at radius 1 is 0.968 bits per heavy atom. The van der Waals surface area contributed by atoms with Crippen molar-refractivity contribution in [3.8, 4) is 11.4 Å². The first-order valence-electron chi connectivity index (χ1n) is 10.9. The molecule has 0 bridgehead atoms. The fraction of sp³-hybridized carbons (Fsp3) is 0.179. The Hall–Kier alpha value is -3.59. The van der Waals surface area contributed by atoms with Gasteiger partial charge in [-0.1, -0.05) is 75.1 Å². The van der Waals surface area contributed by atoms with E-state index in [1.165, 1.54) is 11.1 Å². The summed E-state index contributed by atoms with van der Waals surface area (Å²) in [7, 11) is 0. The molecule has 0 radical (unpaired) electrons. The van der Waals surface area contributed by atoms with E-state index in [0.717, 1.165) is 58.7 Å². The number of hydrogen-bond donors (Lipinski definition) is 1. The van der Waals surface area contributed by atoms with Crippen molar-refractivity contribution in [2.45, 2.75) is 33.2 Å². The Labute approximate surface area is 184 Å². The Bertz CT molecular complexity index is 1250. The van der Waals surface area contributed by atoms with Crippen LogP contribution in [0.25, 0.3) is 34.6 Å². The SMILES string of the molecule is C=Cc1ccc(Nc2cccc3c2nc(-c2ccccc2C)n3CCCC)cc1C=C. The molecule has 0 atom stereocenters. The molecule has 3 heteroatoms. The fourth-order valence-corrected chi connectivity index (χ4v) is 3.99. The van der Waals surface area contributed by atoms with Gasteiger partial charge in [-0.15, -0.1) is 0 Å². The van der Waals surface area contributed by atoms with E-state index in [2.05, 4.69) is 97.6 Å². The molecule has 156 valence electrons. The molecule has 0 amide bonds. The Morgan fingerprint density at radius 2 is 1.77 bits per heavy atom. The van der Waals surface area contributed by atoms with Crippen molar-refractivity contribution >= 4 is 34.6 Å². The maximum absolute atomic E-state index is 5.13. The number of para-hydroxylation sites is 1. The number of nitrogens with one attached hydrogen (secondary N) is 1. The summed E-state index contributed by atoms with van der Waals surface area (Å²) in [4.78, 5) is 5.13. The standard InChI is InChI=1S/C28H29N3/c1-5-8-18-31-26-15-11-14-25(29-23-17-16-21(6-2)22(7-3)19-23)27(26)30-28(31)24-13-10-9-12-20(24)4/h6-7,9-17,19,29H,2-3,5,8,18H2,1,4H3. The molecule has 31 heavy (non-hydrogen) atoms. The van der Waals surface area contributed by atoms with Gasteiger partial charge in [0.25, 0.3) is 0 Å². The summed E-state index contributed by atoms with van der Waals surface area (Å²) < 4.78 is 2.36. The average molecular weight is 408 g/mol. The van der Waals surface area contributed by atoms with Gasteiger partial charge in [0.2, 0.25) is 0 Å². The van der Waals surface area contributed by atoms with Gasteiger partial charge >= 0.3 is 0 Å². The molecule has 4 aromatic rings. The van der Waals surface area contributed by atoms with Crippen LogP contribution in [0.15, 0.2) is 73.8 Å². The van der Waals surface area contributed by atoms with Gasteiger partial charge in [-0.3, -0.25) is 0 Å². The summed E-state index contributed by atoms with van der Waals surface area (Å²) in [5.74, 6) is 1.03. The van der Waals surface area contributed by atoms with Crippen LogP contribution < -0.4 is 5.32 Å². The van der Waals surface area contributed by atoms with Crippen molar-refractivity contribution in [3.63, 3.8) is 0 Å². The van der Waals surface area contributed by atoms with E-state index in [9.17, 15) is 0 Å². The summed E-state index contributed by atoms with van der Waals surface area (Å²) in [5.41, 5.74) is 8.71. The normalized spacial score (nSPS) is 10.9. The molecule has 4 rings (SSSR count). The number of rotatable bonds is 8. The zero-order chi connectivity index (χ0) is 21.8. The van der Waals surface area contributed by atoms with Crippen molar-refractivity contribution in [2.24, 2.45) is 0 Å². The first-order chi connectivity index (χ1) is 15.2. The second kappa shape index (κ2) is 9.05. The highest BCUT2D eigenvalue weighted by molar-refractivity contribution is 5.93. The zero-order valence-corrected chi connectivity index (χ0v) is 18.4. The summed E-state index contributed by atoms with van der Waals surface area (Å²) in [6.45, 7) is 13.1. The van der Waals surface area contributed by atoms with Gasteiger partial charge < -0.3 is 9.88 Å². The molecule has 0 saturated carbocycles. The number of imidazole rings is 1. The summed E-state index contributed by atoms with van der Waals surface area (Å²) in [6.07, 6.45) is 5.97. The lowest BCUT2D eigenvalue weighted by Crippen LogP contribution is -2.01. The fourth-order valence-electron chi connectivity index (χ4n) is 3.99. The van der Waals surface area contributed by atoms with Gasteiger partial charge in [0.05, 0.1) is 11.2 Å². The lowest BCUT2D eigenvalue weighted by Gasteiger charge is -2.11. The number of aryl methyl sites for hydroxylation is 2. The summed E-state index contributed by atoms with van der Waals surface area (Å²) >= 11 is 0. The molecule has 0 spiro atoms. The first-order valence-corrected chi connectivity index (χ1v) is 10.9. The monoisotopic (exact) mass is 407 g/mol. The number of fused-ring (bicyclic) bond motifs is 1. The van der Waals surface area contributed by atoms with Gasteiger partial charge in [-0.05, 0) is 54.3 Å². The van der Waals surface area contributed by atoms with Crippen LogP contribution in [-0.4, -0.2) is 9.55 Å². The van der Waals surface area contributed by atoms with Crippen LogP contribution in [0.2, 0.25) is 0 Å². The third kappa shape index (κ3) is 4.04. The minimum Gasteiger partial charge on any atom is -0.354 e. The first kappa shape index (κ1) is 20.7. The van der Waals surface area contributed by atoms with Crippen molar-refractivity contribution in [1.29, 1.82) is 0 Å². The van der Waals surface area contributed by atoms with Gasteiger partial charge in [0.15, 0.2) is 0 Å². The van der Waals surface area contributed by atoms with Gasteiger partial charge in [-0.25, -0.2) is 4.98 Å². The zero-order valence-electron chi connectivity index (χ0n) is 18.4. The lowest BCUT2D eigenvalue weighted by atomic mass is 10.1. The molecule has 3 nitrogen and oxygen atoms in total. The maximum atomic E-state index is 5.13. The van der Waals surface area contributed by atoms with E-state index in [4.69, 9.17) is 4.98 Å². The summed E-state index contributed by atoms with van der Waals surface area (Å²) in [6, 6.07) is 21.1. The molecular weight excluding hydrogens is 378 g/mol. The Kier molecular flexibility index (Phi) is 6.03. The topological polar surface area (TPSA) is 29.9 Å². The van der Waals surface area contributed by atoms with Crippen LogP contribution in [-0.2, 0) is 6.54 Å². The van der Waals surface area contributed by atoms with E-state index in [-0.39, 0.29) is 0 Å². The highest BCUT2D eigenvalue weighted by Gasteiger charge is 2.16. The average Bonchev–Trinajstić information content (AvgIpc) is 3.17. The second-order valence-electron chi connectivity index (χ2n) is 7.81. The Balaban J connectivity index is 1.84. The van der Waals surface area contributed by atoms with E-state index < -0.39 is 0 Å². The minimum atomic E-state index is 0.953. The number of aromatic nitrogens is 2. The summed E-state index contributed by atoms with van der Waals surface area (Å²) in [5, 5.41) is 3.58. The van der Waals surface area contributed by atoms with Crippen LogP contribution in [0, 0.1) is 6.92 Å². The van der Waals surface area contributed by atoms with Crippen molar-refractivity contribution in [2.75, 3.05) is 5.32 Å². The molecule has 0 saturated heterocycles. The third-order valence-electron chi connectivity index (χ3n) is 5.71. The smallest absolute Gasteiger partial charge is 0.141 e. The second-order valence-corrected chi connectivity index (χ2v) is 7.81. The van der Waals surface area contributed by atoms with Gasteiger partial charge in [-0.2, -0.15) is 0 Å². The number of hydrogen-bond acceptors (Lipinski definition) is 2. The quantitative estimate of drug-likeness (QED) is 0.322. The molecule has 0 aliphatic heterocycles. The van der Waals surface area contributed by atoms with E-state index in [0.29, 0.717) is 0 Å². The van der Waals surface area contributed by atoms with Gasteiger partial charge in [0, 0.05) is 17.8 Å². The highest BCUT2D eigenvalue weighted by atomic mass is 15.1. The van der Waals surface area contributed by atoms with E-state index in [1.807, 2.05) is 12.2 Å². The highest BCUT2D eigenvalue weighted by Crippen LogP contribution is 2.33. The number of unbranched alkanes of at least 4 members (excludes halogenated alkanes) is 1. The van der Waals surface area contributed by atoms with Crippen molar-refractivity contribution in [3.05, 3.63) is 90.5 Å². The van der Waals surface area contributed by atoms with Gasteiger partial charge in [0.1, 0.15) is 11.3 Å². The third-order valence-corrected chi connectivity index (χ3v) is 5.71. The predicted octanol–water partition coefficient (Wildman–Crippen LogP) is 7.84. The molecular formula is C28H29N3. The molecule has 1 aromatic heterocycles. The molecule has 3 aromatic carbocycles. The Morgan fingerprint density at radius 3 is 2.52 bits per heavy atom. The largest absolute Gasteiger partial charge is 0.354 e. The van der Waals surface area contributed by atoms with Crippen molar-refractivity contribution in [1.82, 2.24) is 9.55 Å². The van der Waals surface area contributed by atoms with Crippen molar-refractivity contribution < 1.29 is 0 Å². The molecule has 0 aliphatic rings. The lowest BCUT2D eigenvalue weighted by molar-refractivity contribution is 0.651. The van der Waals surface area contributed by atoms with Crippen LogP contribution in [0.4, 0.5) is 11.4 Å². The van der Waals surface area contributed by atoms with E-state index in [1.54, 1.807) is 0 Å². The molecule has 0 aliphatic carbocycles. The van der Waals surface area contributed by atoms with Crippen LogP contribution in [0.1, 0.15) is 36.5 Å². The predicted molar refractivity (Wildman–Crippen MR) is 135 cm³/mol.